The largest absolute Gasteiger partial charge is 0.478 e. The third-order valence-corrected chi connectivity index (χ3v) is 4.22. The highest BCUT2D eigenvalue weighted by Gasteiger charge is 2.31. The Morgan fingerprint density at radius 1 is 1.40 bits per heavy atom. The van der Waals surface area contributed by atoms with Gasteiger partial charge in [0.05, 0.1) is 11.2 Å². The summed E-state index contributed by atoms with van der Waals surface area (Å²) < 4.78 is 0. The van der Waals surface area contributed by atoms with Crippen LogP contribution in [-0.2, 0) is 0 Å². The van der Waals surface area contributed by atoms with Crippen molar-refractivity contribution in [1.29, 1.82) is 0 Å². The number of aryl methyl sites for hydroxylation is 1. The van der Waals surface area contributed by atoms with Crippen LogP contribution in [0, 0.1) is 12.8 Å². The Kier molecular flexibility index (Phi) is 4.33. The molecular formula is C16H23NO3. The van der Waals surface area contributed by atoms with Crippen molar-refractivity contribution in [3.63, 3.8) is 0 Å². The molecule has 20 heavy (non-hydrogen) atoms. The van der Waals surface area contributed by atoms with E-state index in [9.17, 15) is 15.0 Å². The summed E-state index contributed by atoms with van der Waals surface area (Å²) in [6.07, 6.45) is 3.60. The fraction of sp³-hybridized carbons (Fsp3) is 0.562. The Labute approximate surface area is 119 Å². The fourth-order valence-corrected chi connectivity index (χ4v) is 2.73. The maximum atomic E-state index is 11.2. The number of carboxylic acids is 1. The number of hydrogen-bond acceptors (Lipinski definition) is 3. The van der Waals surface area contributed by atoms with Crippen molar-refractivity contribution < 1.29 is 15.0 Å². The topological polar surface area (TPSA) is 69.6 Å². The monoisotopic (exact) mass is 277 g/mol. The van der Waals surface area contributed by atoms with E-state index in [2.05, 4.69) is 12.2 Å². The molecule has 1 fully saturated rings. The molecule has 1 aliphatic rings. The lowest BCUT2D eigenvalue weighted by Gasteiger charge is -2.35. The predicted molar refractivity (Wildman–Crippen MR) is 79.2 cm³/mol. The van der Waals surface area contributed by atoms with Crippen LogP contribution >= 0.6 is 0 Å². The molecule has 0 aromatic heterocycles. The summed E-state index contributed by atoms with van der Waals surface area (Å²) in [5, 5.41) is 22.9. The number of aromatic carboxylic acids is 1. The van der Waals surface area contributed by atoms with Gasteiger partial charge in [0.1, 0.15) is 0 Å². The summed E-state index contributed by atoms with van der Waals surface area (Å²) in [6.45, 7) is 4.54. The number of carbonyl (C=O) groups is 1. The van der Waals surface area contributed by atoms with E-state index < -0.39 is 11.6 Å². The first kappa shape index (κ1) is 14.9. The van der Waals surface area contributed by atoms with Gasteiger partial charge in [-0.25, -0.2) is 4.79 Å². The van der Waals surface area contributed by atoms with Gasteiger partial charge < -0.3 is 15.5 Å². The molecule has 1 aromatic carbocycles. The van der Waals surface area contributed by atoms with Gasteiger partial charge in [0.25, 0.3) is 0 Å². The van der Waals surface area contributed by atoms with E-state index >= 15 is 0 Å². The van der Waals surface area contributed by atoms with Crippen molar-refractivity contribution in [2.45, 2.75) is 45.1 Å². The maximum Gasteiger partial charge on any atom is 0.337 e. The minimum absolute atomic E-state index is 0.253. The Bertz CT molecular complexity index is 490. The van der Waals surface area contributed by atoms with E-state index in [1.165, 1.54) is 0 Å². The molecule has 4 heteroatoms. The molecular weight excluding hydrogens is 254 g/mol. The summed E-state index contributed by atoms with van der Waals surface area (Å²) in [7, 11) is 0. The molecule has 0 aliphatic heterocycles. The van der Waals surface area contributed by atoms with Crippen LogP contribution in [0.15, 0.2) is 18.2 Å². The number of benzene rings is 1. The van der Waals surface area contributed by atoms with E-state index in [1.807, 2.05) is 13.0 Å². The van der Waals surface area contributed by atoms with Crippen LogP contribution in [0.5, 0.6) is 0 Å². The van der Waals surface area contributed by atoms with Gasteiger partial charge in [-0.05, 0) is 56.2 Å². The van der Waals surface area contributed by atoms with Crippen molar-refractivity contribution in [2.75, 3.05) is 11.9 Å². The summed E-state index contributed by atoms with van der Waals surface area (Å²) in [5.74, 6) is -0.277. The van der Waals surface area contributed by atoms with Crippen LogP contribution in [0.25, 0.3) is 0 Å². The lowest BCUT2D eigenvalue weighted by molar-refractivity contribution is 0.00496. The lowest BCUT2D eigenvalue weighted by atomic mass is 9.79. The van der Waals surface area contributed by atoms with Crippen LogP contribution in [0.2, 0.25) is 0 Å². The van der Waals surface area contributed by atoms with Gasteiger partial charge in [0, 0.05) is 12.2 Å². The second-order valence-electron chi connectivity index (χ2n) is 6.11. The quantitative estimate of drug-likeness (QED) is 0.791. The van der Waals surface area contributed by atoms with Gasteiger partial charge in [-0.2, -0.15) is 0 Å². The first-order valence-electron chi connectivity index (χ1n) is 7.20. The third kappa shape index (κ3) is 3.51. The lowest BCUT2D eigenvalue weighted by Crippen LogP contribution is -2.40. The molecule has 0 atom stereocenters. The molecule has 0 bridgehead atoms. The fourth-order valence-electron chi connectivity index (χ4n) is 2.73. The molecule has 0 saturated heterocycles. The van der Waals surface area contributed by atoms with Crippen molar-refractivity contribution in [1.82, 2.24) is 0 Å². The van der Waals surface area contributed by atoms with E-state index in [0.717, 1.165) is 31.2 Å². The second-order valence-corrected chi connectivity index (χ2v) is 6.11. The zero-order valence-corrected chi connectivity index (χ0v) is 12.1. The number of aliphatic hydroxyl groups is 1. The number of anilines is 1. The summed E-state index contributed by atoms with van der Waals surface area (Å²) >= 11 is 0. The number of nitrogens with one attached hydrogen (secondary N) is 1. The van der Waals surface area contributed by atoms with E-state index in [4.69, 9.17) is 0 Å². The molecule has 0 unspecified atom stereocenters. The van der Waals surface area contributed by atoms with Crippen molar-refractivity contribution in [3.8, 4) is 0 Å². The smallest absolute Gasteiger partial charge is 0.337 e. The van der Waals surface area contributed by atoms with Gasteiger partial charge in [-0.3, -0.25) is 0 Å². The molecule has 4 nitrogen and oxygen atoms in total. The van der Waals surface area contributed by atoms with Gasteiger partial charge in [-0.1, -0.05) is 13.0 Å². The average molecular weight is 277 g/mol. The molecule has 110 valence electrons. The summed E-state index contributed by atoms with van der Waals surface area (Å²) in [5.41, 5.74) is 1.13. The van der Waals surface area contributed by atoms with Crippen LogP contribution in [0.3, 0.4) is 0 Å². The van der Waals surface area contributed by atoms with E-state index in [0.29, 0.717) is 18.2 Å². The number of rotatable bonds is 4. The Hall–Kier alpha value is -1.55. The van der Waals surface area contributed by atoms with Crippen molar-refractivity contribution in [2.24, 2.45) is 5.92 Å². The highest BCUT2D eigenvalue weighted by atomic mass is 16.4. The molecule has 1 aliphatic carbocycles. The van der Waals surface area contributed by atoms with Crippen molar-refractivity contribution in [3.05, 3.63) is 29.3 Å². The first-order chi connectivity index (χ1) is 9.39. The normalized spacial score (nSPS) is 26.2. The summed E-state index contributed by atoms with van der Waals surface area (Å²) in [4.78, 5) is 11.2. The van der Waals surface area contributed by atoms with E-state index in [-0.39, 0.29) is 5.56 Å². The SMILES string of the molecule is Cc1ccc(C(=O)O)c(NCC2(O)CCC(C)CC2)c1. The van der Waals surface area contributed by atoms with Crippen LogP contribution in [0.4, 0.5) is 5.69 Å². The van der Waals surface area contributed by atoms with Crippen LogP contribution < -0.4 is 5.32 Å². The second kappa shape index (κ2) is 5.83. The average Bonchev–Trinajstić information content (AvgIpc) is 2.40. The van der Waals surface area contributed by atoms with Gasteiger partial charge in [0.15, 0.2) is 0 Å². The standard InChI is InChI=1S/C16H23NO3/c1-11-5-7-16(20,8-6-11)10-17-14-9-12(2)3-4-13(14)15(18)19/h3-4,9,11,17,20H,5-8,10H2,1-2H3,(H,18,19). The van der Waals surface area contributed by atoms with Crippen LogP contribution in [0.1, 0.15) is 48.5 Å². The molecule has 0 heterocycles. The molecule has 2 rings (SSSR count). The maximum absolute atomic E-state index is 11.2. The van der Waals surface area contributed by atoms with Gasteiger partial charge in [0.2, 0.25) is 0 Å². The molecule has 0 spiro atoms. The molecule has 1 saturated carbocycles. The molecule has 3 N–H and O–H groups in total. The Morgan fingerprint density at radius 3 is 2.65 bits per heavy atom. The Balaban J connectivity index is 2.07. The van der Waals surface area contributed by atoms with Gasteiger partial charge >= 0.3 is 5.97 Å². The minimum Gasteiger partial charge on any atom is -0.478 e. The third-order valence-electron chi connectivity index (χ3n) is 4.22. The summed E-state index contributed by atoms with van der Waals surface area (Å²) in [6, 6.07) is 5.21. The van der Waals surface area contributed by atoms with E-state index in [1.54, 1.807) is 12.1 Å². The zero-order chi connectivity index (χ0) is 14.8. The number of carboxylic acid groups (broad SMARTS) is 1. The van der Waals surface area contributed by atoms with Gasteiger partial charge in [-0.15, -0.1) is 0 Å². The zero-order valence-electron chi connectivity index (χ0n) is 12.1. The van der Waals surface area contributed by atoms with Crippen molar-refractivity contribution >= 4 is 11.7 Å². The molecule has 1 aromatic rings. The highest BCUT2D eigenvalue weighted by Crippen LogP contribution is 2.32. The highest BCUT2D eigenvalue weighted by molar-refractivity contribution is 5.94. The molecule has 0 radical (unpaired) electrons. The Morgan fingerprint density at radius 2 is 2.05 bits per heavy atom. The predicted octanol–water partition coefficient (Wildman–Crippen LogP) is 3.05. The molecule has 0 amide bonds. The minimum atomic E-state index is -0.947. The van der Waals surface area contributed by atoms with Crippen LogP contribution in [-0.4, -0.2) is 28.3 Å². The number of hydrogen-bond donors (Lipinski definition) is 3. The first-order valence-corrected chi connectivity index (χ1v) is 7.20.